The van der Waals surface area contributed by atoms with E-state index in [-0.39, 0.29) is 5.97 Å². The minimum Gasteiger partial charge on any atom is -0.462 e. The van der Waals surface area contributed by atoms with Gasteiger partial charge in [-0.1, -0.05) is 35.5 Å². The first-order chi connectivity index (χ1) is 8.79. The molecular weight excluding hydrogens is 246 g/mol. The predicted octanol–water partition coefficient (Wildman–Crippen LogP) is 2.72. The Kier molecular flexibility index (Phi) is 4.11. The minimum absolute atomic E-state index is 0.345. The highest BCUT2D eigenvalue weighted by Gasteiger charge is 2.09. The van der Waals surface area contributed by atoms with Crippen LogP contribution in [0.25, 0.3) is 0 Å². The molecule has 0 saturated carbocycles. The number of ether oxygens (including phenoxy) is 1. The molecule has 0 aliphatic carbocycles. The van der Waals surface area contributed by atoms with Crippen molar-refractivity contribution in [2.45, 2.75) is 6.92 Å². The van der Waals surface area contributed by atoms with Crippen LogP contribution in [0.15, 0.2) is 36.5 Å². The van der Waals surface area contributed by atoms with Gasteiger partial charge in [-0.3, -0.25) is 0 Å². The summed E-state index contributed by atoms with van der Waals surface area (Å²) in [5.74, 6) is 5.57. The zero-order valence-electron chi connectivity index (χ0n) is 9.84. The van der Waals surface area contributed by atoms with Gasteiger partial charge in [-0.15, -0.1) is 0 Å². The van der Waals surface area contributed by atoms with Gasteiger partial charge in [0.2, 0.25) is 0 Å². The third-order valence-corrected chi connectivity index (χ3v) is 2.96. The number of esters is 1. The van der Waals surface area contributed by atoms with E-state index in [0.29, 0.717) is 16.5 Å². The standard InChI is InChI=1S/C14H11NO2S/c1-2-17-14(16)12-10-15-13(18-12)9-8-11-6-4-3-5-7-11/h3-7,10H,2H2,1H3. The number of carbonyl (C=O) groups excluding carboxylic acids is 1. The van der Waals surface area contributed by atoms with Crippen molar-refractivity contribution in [2.24, 2.45) is 0 Å². The van der Waals surface area contributed by atoms with Crippen LogP contribution >= 0.6 is 11.3 Å². The molecular formula is C14H11NO2S. The van der Waals surface area contributed by atoms with Crippen molar-refractivity contribution in [1.29, 1.82) is 0 Å². The second-order valence-corrected chi connectivity index (χ2v) is 4.40. The van der Waals surface area contributed by atoms with Crippen molar-refractivity contribution < 1.29 is 9.53 Å². The van der Waals surface area contributed by atoms with Crippen LogP contribution in [0.5, 0.6) is 0 Å². The maximum Gasteiger partial charge on any atom is 0.349 e. The molecule has 0 unspecified atom stereocenters. The van der Waals surface area contributed by atoms with Crippen molar-refractivity contribution in [2.75, 3.05) is 6.61 Å². The van der Waals surface area contributed by atoms with E-state index in [2.05, 4.69) is 16.8 Å². The maximum absolute atomic E-state index is 11.4. The van der Waals surface area contributed by atoms with E-state index in [9.17, 15) is 4.79 Å². The van der Waals surface area contributed by atoms with E-state index < -0.39 is 0 Å². The van der Waals surface area contributed by atoms with Crippen LogP contribution in [0.4, 0.5) is 0 Å². The van der Waals surface area contributed by atoms with Crippen molar-refractivity contribution in [3.05, 3.63) is 52.0 Å². The Bertz CT molecular complexity index is 593. The Morgan fingerprint density at radius 3 is 2.83 bits per heavy atom. The van der Waals surface area contributed by atoms with E-state index in [1.54, 1.807) is 6.92 Å². The molecule has 90 valence electrons. The molecule has 0 fully saturated rings. The van der Waals surface area contributed by atoms with E-state index >= 15 is 0 Å². The number of hydrogen-bond acceptors (Lipinski definition) is 4. The topological polar surface area (TPSA) is 39.2 Å². The molecule has 0 aliphatic heterocycles. The number of thiazole rings is 1. The van der Waals surface area contributed by atoms with Gasteiger partial charge in [-0.25, -0.2) is 9.78 Å². The average molecular weight is 257 g/mol. The number of nitrogens with zero attached hydrogens (tertiary/aromatic N) is 1. The summed E-state index contributed by atoms with van der Waals surface area (Å²) in [7, 11) is 0. The Morgan fingerprint density at radius 1 is 1.33 bits per heavy atom. The Morgan fingerprint density at radius 2 is 2.11 bits per heavy atom. The highest BCUT2D eigenvalue weighted by atomic mass is 32.1. The van der Waals surface area contributed by atoms with E-state index in [1.165, 1.54) is 17.5 Å². The molecule has 0 bridgehead atoms. The lowest BCUT2D eigenvalue weighted by atomic mass is 10.2. The Labute approximate surface area is 109 Å². The normalized spacial score (nSPS) is 9.39. The molecule has 2 aromatic rings. The van der Waals surface area contributed by atoms with E-state index in [4.69, 9.17) is 4.74 Å². The van der Waals surface area contributed by atoms with Gasteiger partial charge >= 0.3 is 5.97 Å². The van der Waals surface area contributed by atoms with Gasteiger partial charge < -0.3 is 4.74 Å². The Balaban J connectivity index is 2.12. The fourth-order valence-corrected chi connectivity index (χ4v) is 1.94. The molecule has 1 aromatic carbocycles. The average Bonchev–Trinajstić information content (AvgIpc) is 2.87. The van der Waals surface area contributed by atoms with Crippen LogP contribution in [0, 0.1) is 11.8 Å². The van der Waals surface area contributed by atoms with Crippen molar-refractivity contribution in [3.8, 4) is 11.8 Å². The van der Waals surface area contributed by atoms with Crippen LogP contribution in [0.3, 0.4) is 0 Å². The van der Waals surface area contributed by atoms with Crippen LogP contribution in [0.2, 0.25) is 0 Å². The lowest BCUT2D eigenvalue weighted by molar-refractivity contribution is 0.0532. The molecule has 0 amide bonds. The van der Waals surface area contributed by atoms with E-state index in [0.717, 1.165) is 5.56 Å². The molecule has 0 aliphatic rings. The van der Waals surface area contributed by atoms with Gasteiger partial charge in [-0.05, 0) is 25.0 Å². The zero-order valence-corrected chi connectivity index (χ0v) is 10.7. The van der Waals surface area contributed by atoms with Crippen molar-refractivity contribution >= 4 is 17.3 Å². The number of benzene rings is 1. The van der Waals surface area contributed by atoms with Crippen LogP contribution in [-0.4, -0.2) is 17.6 Å². The second kappa shape index (κ2) is 5.99. The Hall–Kier alpha value is -2.12. The number of carbonyl (C=O) groups is 1. The molecule has 0 radical (unpaired) electrons. The zero-order chi connectivity index (χ0) is 12.8. The molecule has 0 atom stereocenters. The quantitative estimate of drug-likeness (QED) is 0.613. The summed E-state index contributed by atoms with van der Waals surface area (Å²) in [6.07, 6.45) is 1.50. The third-order valence-electron chi connectivity index (χ3n) is 2.07. The summed E-state index contributed by atoms with van der Waals surface area (Å²) < 4.78 is 4.89. The van der Waals surface area contributed by atoms with E-state index in [1.807, 2.05) is 30.3 Å². The summed E-state index contributed by atoms with van der Waals surface area (Å²) in [4.78, 5) is 16.0. The molecule has 18 heavy (non-hydrogen) atoms. The molecule has 3 nitrogen and oxygen atoms in total. The highest BCUT2D eigenvalue weighted by molar-refractivity contribution is 7.14. The van der Waals surface area contributed by atoms with Crippen molar-refractivity contribution in [3.63, 3.8) is 0 Å². The molecule has 0 saturated heterocycles. The monoisotopic (exact) mass is 257 g/mol. The first-order valence-electron chi connectivity index (χ1n) is 5.49. The summed E-state index contributed by atoms with van der Waals surface area (Å²) in [6, 6.07) is 9.64. The SMILES string of the molecule is CCOC(=O)c1cnc(C#Cc2ccccc2)s1. The smallest absolute Gasteiger partial charge is 0.349 e. The van der Waals surface area contributed by atoms with Crippen LogP contribution < -0.4 is 0 Å². The molecule has 2 rings (SSSR count). The second-order valence-electron chi connectivity index (χ2n) is 3.37. The van der Waals surface area contributed by atoms with Gasteiger partial charge in [0.1, 0.15) is 4.88 Å². The van der Waals surface area contributed by atoms with Gasteiger partial charge in [0.05, 0.1) is 12.8 Å². The van der Waals surface area contributed by atoms with Gasteiger partial charge in [0.25, 0.3) is 0 Å². The lowest BCUT2D eigenvalue weighted by Crippen LogP contribution is -2.01. The predicted molar refractivity (Wildman–Crippen MR) is 70.5 cm³/mol. The first kappa shape index (κ1) is 12.3. The van der Waals surface area contributed by atoms with Crippen molar-refractivity contribution in [1.82, 2.24) is 4.98 Å². The summed E-state index contributed by atoms with van der Waals surface area (Å²) in [5.41, 5.74) is 0.922. The molecule has 1 aromatic heterocycles. The van der Waals surface area contributed by atoms with Gasteiger partial charge in [0, 0.05) is 5.56 Å². The fraction of sp³-hybridized carbons (Fsp3) is 0.143. The van der Waals surface area contributed by atoms with Crippen LogP contribution in [0.1, 0.15) is 27.2 Å². The number of hydrogen-bond donors (Lipinski definition) is 0. The largest absolute Gasteiger partial charge is 0.462 e. The fourth-order valence-electron chi connectivity index (χ4n) is 1.28. The summed E-state index contributed by atoms with van der Waals surface area (Å²) >= 11 is 1.24. The number of aromatic nitrogens is 1. The van der Waals surface area contributed by atoms with Gasteiger partial charge in [0.15, 0.2) is 5.01 Å². The first-order valence-corrected chi connectivity index (χ1v) is 6.31. The molecule has 0 N–H and O–H groups in total. The number of rotatable bonds is 2. The van der Waals surface area contributed by atoms with Crippen LogP contribution in [-0.2, 0) is 4.74 Å². The maximum atomic E-state index is 11.4. The lowest BCUT2D eigenvalue weighted by Gasteiger charge is -1.95. The summed E-state index contributed by atoms with van der Waals surface area (Å²) in [5, 5.41) is 0.613. The summed E-state index contributed by atoms with van der Waals surface area (Å²) in [6.45, 7) is 2.14. The third kappa shape index (κ3) is 3.19. The molecule has 4 heteroatoms. The molecule has 1 heterocycles. The van der Waals surface area contributed by atoms with Gasteiger partial charge in [-0.2, -0.15) is 0 Å². The molecule has 0 spiro atoms. The highest BCUT2D eigenvalue weighted by Crippen LogP contribution is 2.13. The minimum atomic E-state index is -0.345.